The van der Waals surface area contributed by atoms with Crippen LogP contribution in [-0.4, -0.2) is 44.8 Å². The van der Waals surface area contributed by atoms with Crippen molar-refractivity contribution in [3.8, 4) is 0 Å². The van der Waals surface area contributed by atoms with E-state index in [2.05, 4.69) is 154 Å². The summed E-state index contributed by atoms with van der Waals surface area (Å²) in [6.07, 6.45) is -2.08. The molecule has 0 radical (unpaired) electrons. The van der Waals surface area contributed by atoms with E-state index in [1.54, 1.807) is 11.8 Å². The Hall–Kier alpha value is -4.31. The standard InChI is InChI=1S/C49H52O5SSi/c1-49(2,3)56(42-30-18-8-19-31-42,43-32-20-9-21-33-43)54-46-45(51-35-39-24-12-5-13-25-39)44(37-50-34-38-22-10-4-11-23-38)53-48(55-41-28-16-7-17-29-41)47(46)52-36-40-26-14-6-15-27-40/h4-33,44-48H,34-37H2,1-3H3/t44-,45-,46+,47+,48-/m1/s1. The molecular weight excluding hydrogens is 729 g/mol. The summed E-state index contributed by atoms with van der Waals surface area (Å²) in [6, 6.07) is 62.9. The number of rotatable bonds is 16. The number of ether oxygens (including phenoxy) is 4. The normalized spacial score (nSPS) is 20.1. The molecule has 5 nitrogen and oxygen atoms in total. The van der Waals surface area contributed by atoms with Crippen LogP contribution in [0, 0.1) is 0 Å². The number of benzene rings is 6. The zero-order valence-corrected chi connectivity index (χ0v) is 34.3. The topological polar surface area (TPSA) is 46.2 Å². The van der Waals surface area contributed by atoms with Crippen LogP contribution in [0.25, 0.3) is 0 Å². The van der Waals surface area contributed by atoms with Crippen molar-refractivity contribution in [2.75, 3.05) is 6.61 Å². The average Bonchev–Trinajstić information content (AvgIpc) is 3.24. The van der Waals surface area contributed by atoms with Gasteiger partial charge >= 0.3 is 0 Å². The van der Waals surface area contributed by atoms with E-state index in [0.29, 0.717) is 26.4 Å². The average molecular weight is 781 g/mol. The predicted molar refractivity (Wildman–Crippen MR) is 230 cm³/mol. The number of hydrogen-bond acceptors (Lipinski definition) is 6. The molecule has 5 atom stereocenters. The summed E-state index contributed by atoms with van der Waals surface area (Å²) in [5.41, 5.74) is 2.81. The third kappa shape index (κ3) is 9.79. The van der Waals surface area contributed by atoms with Crippen molar-refractivity contribution < 1.29 is 23.4 Å². The summed E-state index contributed by atoms with van der Waals surface area (Å²) in [7, 11) is -3.14. The van der Waals surface area contributed by atoms with Gasteiger partial charge in [-0.15, -0.1) is 0 Å². The molecule has 7 rings (SSSR count). The molecule has 1 saturated heterocycles. The van der Waals surface area contributed by atoms with E-state index in [-0.39, 0.29) is 5.04 Å². The van der Waals surface area contributed by atoms with Crippen molar-refractivity contribution in [3.63, 3.8) is 0 Å². The van der Waals surface area contributed by atoms with Crippen LogP contribution in [0.4, 0.5) is 0 Å². The second-order valence-corrected chi connectivity index (χ2v) is 20.7. The molecule has 6 aromatic rings. The van der Waals surface area contributed by atoms with Crippen LogP contribution in [0.15, 0.2) is 187 Å². The molecule has 1 aliphatic rings. The van der Waals surface area contributed by atoms with E-state index in [1.165, 1.54) is 10.4 Å². The monoisotopic (exact) mass is 780 g/mol. The third-order valence-corrected chi connectivity index (χ3v) is 16.5. The maximum atomic E-state index is 8.12. The van der Waals surface area contributed by atoms with Crippen LogP contribution in [0.5, 0.6) is 0 Å². The lowest BCUT2D eigenvalue weighted by molar-refractivity contribution is -0.236. The molecule has 0 unspecified atom stereocenters. The van der Waals surface area contributed by atoms with Crippen LogP contribution < -0.4 is 10.4 Å². The molecule has 0 amide bonds. The highest BCUT2D eigenvalue weighted by molar-refractivity contribution is 7.99. The zero-order valence-electron chi connectivity index (χ0n) is 32.5. The van der Waals surface area contributed by atoms with E-state index in [0.717, 1.165) is 21.6 Å². The molecule has 0 bridgehead atoms. The van der Waals surface area contributed by atoms with Crippen molar-refractivity contribution >= 4 is 30.5 Å². The molecule has 0 aromatic heterocycles. The van der Waals surface area contributed by atoms with Crippen molar-refractivity contribution in [3.05, 3.63) is 199 Å². The Morgan fingerprint density at radius 2 is 0.911 bits per heavy atom. The van der Waals surface area contributed by atoms with E-state index in [4.69, 9.17) is 23.4 Å². The summed E-state index contributed by atoms with van der Waals surface area (Å²) in [6.45, 7) is 8.48. The maximum Gasteiger partial charge on any atom is 0.261 e. The lowest BCUT2D eigenvalue weighted by Crippen LogP contribution is -2.72. The van der Waals surface area contributed by atoms with Gasteiger partial charge in [-0.25, -0.2) is 0 Å². The highest BCUT2D eigenvalue weighted by Gasteiger charge is 2.57. The first kappa shape index (κ1) is 39.9. The zero-order chi connectivity index (χ0) is 38.6. The van der Waals surface area contributed by atoms with Crippen LogP contribution in [0.2, 0.25) is 5.04 Å². The van der Waals surface area contributed by atoms with Gasteiger partial charge in [0.15, 0.2) is 0 Å². The highest BCUT2D eigenvalue weighted by atomic mass is 32.2. The molecular formula is C49H52O5SSi. The third-order valence-electron chi connectivity index (χ3n) is 10.3. The Labute approximate surface area is 338 Å². The van der Waals surface area contributed by atoms with E-state index < -0.39 is 38.2 Å². The van der Waals surface area contributed by atoms with Gasteiger partial charge in [-0.3, -0.25) is 0 Å². The van der Waals surface area contributed by atoms with Crippen LogP contribution in [0.3, 0.4) is 0 Å². The van der Waals surface area contributed by atoms with E-state index in [1.807, 2.05) is 48.5 Å². The Morgan fingerprint density at radius 1 is 0.500 bits per heavy atom. The van der Waals surface area contributed by atoms with Gasteiger partial charge in [-0.05, 0) is 44.2 Å². The van der Waals surface area contributed by atoms with E-state index >= 15 is 0 Å². The first-order valence-corrected chi connectivity index (χ1v) is 22.3. The van der Waals surface area contributed by atoms with Crippen molar-refractivity contribution in [2.24, 2.45) is 0 Å². The molecule has 6 aromatic carbocycles. The van der Waals surface area contributed by atoms with Gasteiger partial charge in [0.25, 0.3) is 8.32 Å². The minimum absolute atomic E-state index is 0.288. The highest BCUT2D eigenvalue weighted by Crippen LogP contribution is 2.43. The summed E-state index contributed by atoms with van der Waals surface area (Å²) in [4.78, 5) is 1.09. The Balaban J connectivity index is 1.37. The fourth-order valence-corrected chi connectivity index (χ4v) is 13.4. The van der Waals surface area contributed by atoms with Gasteiger partial charge in [0, 0.05) is 4.90 Å². The molecule has 56 heavy (non-hydrogen) atoms. The molecule has 0 N–H and O–H groups in total. The minimum atomic E-state index is -3.14. The fraction of sp³-hybridized carbons (Fsp3) is 0.265. The molecule has 1 heterocycles. The molecule has 0 aliphatic carbocycles. The largest absolute Gasteiger partial charge is 0.399 e. The first-order chi connectivity index (χ1) is 27.4. The molecule has 0 spiro atoms. The van der Waals surface area contributed by atoms with E-state index in [9.17, 15) is 0 Å². The predicted octanol–water partition coefficient (Wildman–Crippen LogP) is 9.84. The molecule has 0 saturated carbocycles. The molecule has 7 heteroatoms. The first-order valence-electron chi connectivity index (χ1n) is 19.5. The molecule has 288 valence electrons. The van der Waals surface area contributed by atoms with Gasteiger partial charge < -0.3 is 23.4 Å². The van der Waals surface area contributed by atoms with Gasteiger partial charge in [-0.1, -0.05) is 202 Å². The lowest BCUT2D eigenvalue weighted by Gasteiger charge is -2.52. The minimum Gasteiger partial charge on any atom is -0.399 e. The van der Waals surface area contributed by atoms with Crippen LogP contribution in [0.1, 0.15) is 37.5 Å². The van der Waals surface area contributed by atoms with Gasteiger partial charge in [-0.2, -0.15) is 0 Å². The Kier molecular flexibility index (Phi) is 13.7. The molecule has 1 fully saturated rings. The SMILES string of the molecule is CC(C)(C)[Si](O[C@@H]1[C@H](OCc2ccccc2)[C@@H](Sc2ccccc2)O[C@H](COCc2ccccc2)[C@H]1OCc1ccccc1)(c1ccccc1)c1ccccc1. The van der Waals surface area contributed by atoms with Crippen molar-refractivity contribution in [1.29, 1.82) is 0 Å². The molecule has 1 aliphatic heterocycles. The second-order valence-electron chi connectivity index (χ2n) is 15.2. The Morgan fingerprint density at radius 3 is 1.38 bits per heavy atom. The quantitative estimate of drug-likeness (QED) is 0.0913. The summed E-state index contributed by atoms with van der Waals surface area (Å²) < 4.78 is 36.1. The van der Waals surface area contributed by atoms with Crippen molar-refractivity contribution in [1.82, 2.24) is 0 Å². The second kappa shape index (κ2) is 19.2. The smallest absolute Gasteiger partial charge is 0.261 e. The van der Waals surface area contributed by atoms with Gasteiger partial charge in [0.05, 0.1) is 26.4 Å². The lowest BCUT2D eigenvalue weighted by atomic mass is 9.99. The number of hydrogen-bond donors (Lipinski definition) is 0. The van der Waals surface area contributed by atoms with Crippen LogP contribution >= 0.6 is 11.8 Å². The van der Waals surface area contributed by atoms with Crippen LogP contribution in [-0.2, 0) is 43.2 Å². The Bertz CT molecular complexity index is 1980. The summed E-state index contributed by atoms with van der Waals surface area (Å²) in [5.74, 6) is 0. The maximum absolute atomic E-state index is 8.12. The van der Waals surface area contributed by atoms with Gasteiger partial charge in [0.2, 0.25) is 0 Å². The summed E-state index contributed by atoms with van der Waals surface area (Å²) in [5, 5.41) is 2.10. The summed E-state index contributed by atoms with van der Waals surface area (Å²) >= 11 is 1.66. The van der Waals surface area contributed by atoms with Gasteiger partial charge in [0.1, 0.15) is 29.9 Å². The fourth-order valence-electron chi connectivity index (χ4n) is 7.55. The number of thioether (sulfide) groups is 1. The van der Waals surface area contributed by atoms with Crippen molar-refractivity contribution in [2.45, 2.75) is 80.4 Å².